The highest BCUT2D eigenvalue weighted by Gasteiger charge is 2.20. The van der Waals surface area contributed by atoms with Crippen LogP contribution in [0.4, 0.5) is 0 Å². The molecule has 0 bridgehead atoms. The van der Waals surface area contributed by atoms with E-state index in [2.05, 4.69) is 0 Å². The molecule has 0 aromatic heterocycles. The highest BCUT2D eigenvalue weighted by atomic mass is 16.5. The molecule has 2 aromatic carbocycles. The lowest BCUT2D eigenvalue weighted by Crippen LogP contribution is -2.36. The molecule has 2 aromatic rings. The van der Waals surface area contributed by atoms with Gasteiger partial charge in [-0.25, -0.2) is 4.79 Å². The third-order valence-corrected chi connectivity index (χ3v) is 4.12. The Morgan fingerprint density at radius 3 is 2.43 bits per heavy atom. The second-order valence-corrected chi connectivity index (χ2v) is 6.20. The van der Waals surface area contributed by atoms with E-state index in [0.29, 0.717) is 23.6 Å². The maximum absolute atomic E-state index is 12.4. The van der Waals surface area contributed by atoms with Gasteiger partial charge in [-0.1, -0.05) is 30.3 Å². The van der Waals surface area contributed by atoms with Gasteiger partial charge in [-0.2, -0.15) is 0 Å². The molecule has 0 saturated heterocycles. The van der Waals surface area contributed by atoms with E-state index < -0.39 is 12.1 Å². The van der Waals surface area contributed by atoms with E-state index in [4.69, 9.17) is 14.2 Å². The summed E-state index contributed by atoms with van der Waals surface area (Å²) in [7, 11) is 4.78. The summed E-state index contributed by atoms with van der Waals surface area (Å²) in [6.45, 7) is 2.00. The van der Waals surface area contributed by atoms with Gasteiger partial charge < -0.3 is 19.1 Å². The second kappa shape index (κ2) is 10.2. The molecule has 1 amide bonds. The molecule has 28 heavy (non-hydrogen) atoms. The van der Waals surface area contributed by atoms with Crippen molar-refractivity contribution in [3.8, 4) is 11.5 Å². The maximum atomic E-state index is 12.4. The van der Waals surface area contributed by atoms with Crippen molar-refractivity contribution in [2.24, 2.45) is 0 Å². The van der Waals surface area contributed by atoms with Crippen LogP contribution in [0.25, 0.3) is 6.08 Å². The Hall–Kier alpha value is -3.28. The van der Waals surface area contributed by atoms with Crippen molar-refractivity contribution >= 4 is 18.0 Å². The van der Waals surface area contributed by atoms with Crippen LogP contribution in [0.5, 0.6) is 11.5 Å². The maximum Gasteiger partial charge on any atom is 0.331 e. The Kier molecular flexibility index (Phi) is 7.63. The van der Waals surface area contributed by atoms with Crippen LogP contribution >= 0.6 is 0 Å². The van der Waals surface area contributed by atoms with E-state index in [0.717, 1.165) is 5.56 Å². The van der Waals surface area contributed by atoms with Crippen LogP contribution in [0.2, 0.25) is 0 Å². The normalized spacial score (nSPS) is 11.7. The van der Waals surface area contributed by atoms with Crippen molar-refractivity contribution in [2.75, 3.05) is 21.3 Å². The summed E-state index contributed by atoms with van der Waals surface area (Å²) in [5.74, 6) is 0.347. The average molecular weight is 383 g/mol. The topological polar surface area (TPSA) is 65.1 Å². The minimum absolute atomic E-state index is 0.274. The molecule has 0 fully saturated rings. The molecule has 0 heterocycles. The highest BCUT2D eigenvalue weighted by molar-refractivity contribution is 5.90. The van der Waals surface area contributed by atoms with E-state index in [9.17, 15) is 9.59 Å². The summed E-state index contributed by atoms with van der Waals surface area (Å²) in [6.07, 6.45) is 1.94. The number of hydrogen-bond acceptors (Lipinski definition) is 5. The van der Waals surface area contributed by atoms with Crippen molar-refractivity contribution < 1.29 is 23.8 Å². The Morgan fingerprint density at radius 1 is 1.07 bits per heavy atom. The molecule has 0 aliphatic rings. The standard InChI is InChI=1S/C22H25NO5/c1-16(22(25)23(2)15-17-8-6-5-7-9-17)28-21(24)13-10-18-14-19(26-3)11-12-20(18)27-4/h5-14,16H,15H2,1-4H3/b13-10+/t16-/m1/s1. The summed E-state index contributed by atoms with van der Waals surface area (Å²) < 4.78 is 15.7. The fourth-order valence-electron chi connectivity index (χ4n) is 2.64. The van der Waals surface area contributed by atoms with Crippen LogP contribution < -0.4 is 9.47 Å². The van der Waals surface area contributed by atoms with Crippen molar-refractivity contribution in [2.45, 2.75) is 19.6 Å². The van der Waals surface area contributed by atoms with Crippen LogP contribution in [0.15, 0.2) is 54.6 Å². The summed E-state index contributed by atoms with van der Waals surface area (Å²) >= 11 is 0. The first kappa shape index (κ1) is 21.0. The molecule has 0 aliphatic carbocycles. The Labute approximate surface area is 165 Å². The summed E-state index contributed by atoms with van der Waals surface area (Å²) in [5.41, 5.74) is 1.67. The quantitative estimate of drug-likeness (QED) is 0.517. The van der Waals surface area contributed by atoms with Gasteiger partial charge in [0.25, 0.3) is 5.91 Å². The molecule has 0 radical (unpaired) electrons. The van der Waals surface area contributed by atoms with Gasteiger partial charge in [0.15, 0.2) is 6.10 Å². The van der Waals surface area contributed by atoms with E-state index in [1.165, 1.54) is 11.0 Å². The van der Waals surface area contributed by atoms with Crippen molar-refractivity contribution in [3.63, 3.8) is 0 Å². The largest absolute Gasteiger partial charge is 0.497 e. The minimum Gasteiger partial charge on any atom is -0.497 e. The van der Waals surface area contributed by atoms with Crippen LogP contribution in [0, 0.1) is 0 Å². The van der Waals surface area contributed by atoms with Gasteiger partial charge >= 0.3 is 5.97 Å². The van der Waals surface area contributed by atoms with Gasteiger partial charge in [0.1, 0.15) is 11.5 Å². The number of benzene rings is 2. The SMILES string of the molecule is COc1ccc(OC)c(/C=C/C(=O)O[C@H](C)C(=O)N(C)Cc2ccccc2)c1. The highest BCUT2D eigenvalue weighted by Crippen LogP contribution is 2.25. The van der Waals surface area contributed by atoms with Gasteiger partial charge in [-0.15, -0.1) is 0 Å². The third kappa shape index (κ3) is 5.87. The summed E-state index contributed by atoms with van der Waals surface area (Å²) in [6, 6.07) is 14.9. The zero-order chi connectivity index (χ0) is 20.5. The van der Waals surface area contributed by atoms with Crippen molar-refractivity contribution in [3.05, 3.63) is 65.7 Å². The number of likely N-dealkylation sites (N-methyl/N-ethyl adjacent to an activating group) is 1. The number of hydrogen-bond donors (Lipinski definition) is 0. The fourth-order valence-corrected chi connectivity index (χ4v) is 2.64. The van der Waals surface area contributed by atoms with E-state index in [1.807, 2.05) is 30.3 Å². The molecule has 148 valence electrons. The molecule has 0 N–H and O–H groups in total. The number of rotatable bonds is 8. The lowest BCUT2D eigenvalue weighted by Gasteiger charge is -2.21. The van der Waals surface area contributed by atoms with Crippen LogP contribution in [0.1, 0.15) is 18.1 Å². The third-order valence-electron chi connectivity index (χ3n) is 4.12. The molecule has 2 rings (SSSR count). The lowest BCUT2D eigenvalue weighted by atomic mass is 10.1. The smallest absolute Gasteiger partial charge is 0.331 e. The molecule has 0 aliphatic heterocycles. The van der Waals surface area contributed by atoms with E-state index in [1.54, 1.807) is 52.5 Å². The summed E-state index contributed by atoms with van der Waals surface area (Å²) in [4.78, 5) is 26.1. The van der Waals surface area contributed by atoms with Crippen LogP contribution in [-0.2, 0) is 20.9 Å². The predicted molar refractivity (Wildman–Crippen MR) is 107 cm³/mol. The van der Waals surface area contributed by atoms with E-state index >= 15 is 0 Å². The minimum atomic E-state index is -0.891. The Bertz CT molecular complexity index is 832. The molecule has 0 unspecified atom stereocenters. The number of ether oxygens (including phenoxy) is 3. The molecule has 1 atom stereocenters. The average Bonchev–Trinajstić information content (AvgIpc) is 2.71. The van der Waals surface area contributed by atoms with E-state index in [-0.39, 0.29) is 5.91 Å². The van der Waals surface area contributed by atoms with Gasteiger partial charge in [0, 0.05) is 25.2 Å². The van der Waals surface area contributed by atoms with Crippen molar-refractivity contribution in [1.29, 1.82) is 0 Å². The molecule has 0 spiro atoms. The van der Waals surface area contributed by atoms with Gasteiger partial charge in [-0.3, -0.25) is 4.79 Å². The monoisotopic (exact) mass is 383 g/mol. The lowest BCUT2D eigenvalue weighted by molar-refractivity contribution is -0.154. The molecule has 6 nitrogen and oxygen atoms in total. The molecular formula is C22H25NO5. The molecule has 6 heteroatoms. The summed E-state index contributed by atoms with van der Waals surface area (Å²) in [5, 5.41) is 0. The zero-order valence-electron chi connectivity index (χ0n) is 16.5. The van der Waals surface area contributed by atoms with Crippen LogP contribution in [-0.4, -0.2) is 44.1 Å². The first-order chi connectivity index (χ1) is 13.4. The zero-order valence-corrected chi connectivity index (χ0v) is 16.5. The predicted octanol–water partition coefficient (Wildman–Crippen LogP) is 3.31. The number of carbonyl (C=O) groups is 2. The number of amides is 1. The molecule has 0 saturated carbocycles. The number of carbonyl (C=O) groups excluding carboxylic acids is 2. The first-order valence-corrected chi connectivity index (χ1v) is 8.84. The fraction of sp³-hybridized carbons (Fsp3) is 0.273. The van der Waals surface area contributed by atoms with Gasteiger partial charge in [0.05, 0.1) is 14.2 Å². The Balaban J connectivity index is 1.96. The molecular weight excluding hydrogens is 358 g/mol. The van der Waals surface area contributed by atoms with Gasteiger partial charge in [0.2, 0.25) is 0 Å². The Morgan fingerprint density at radius 2 is 1.79 bits per heavy atom. The first-order valence-electron chi connectivity index (χ1n) is 8.84. The second-order valence-electron chi connectivity index (χ2n) is 6.20. The van der Waals surface area contributed by atoms with Crippen molar-refractivity contribution in [1.82, 2.24) is 4.90 Å². The number of methoxy groups -OCH3 is 2. The van der Waals surface area contributed by atoms with Crippen LogP contribution in [0.3, 0.4) is 0 Å². The number of esters is 1. The van der Waals surface area contributed by atoms with Gasteiger partial charge in [-0.05, 0) is 36.8 Å². The number of nitrogens with zero attached hydrogens (tertiary/aromatic N) is 1.